The second-order valence-corrected chi connectivity index (χ2v) is 5.63. The van der Waals surface area contributed by atoms with Gasteiger partial charge in [0, 0.05) is 18.3 Å². The summed E-state index contributed by atoms with van der Waals surface area (Å²) in [6.45, 7) is 4.20. The Morgan fingerprint density at radius 3 is 2.81 bits per heavy atom. The van der Waals surface area contributed by atoms with Gasteiger partial charge in [-0.15, -0.1) is 5.10 Å². The normalized spacial score (nSPS) is 22.5. The summed E-state index contributed by atoms with van der Waals surface area (Å²) in [5.74, 6) is 0.0161. The molecule has 1 saturated heterocycles. The molecule has 0 bridgehead atoms. The standard InChI is InChI=1S/C15H20N4O2/c1-11-6-5-7-12(2)19(11)14(20)10-21-15-17-16-13-8-3-4-9-18(13)15/h3-4,8-9,11-12H,5-7,10H2,1-2H3/t11-,12-/m1/s1. The zero-order valence-electron chi connectivity index (χ0n) is 12.4. The fourth-order valence-corrected chi connectivity index (χ4v) is 3.03. The number of pyridine rings is 1. The zero-order valence-corrected chi connectivity index (χ0v) is 12.4. The maximum atomic E-state index is 12.4. The number of carbonyl (C=O) groups is 1. The van der Waals surface area contributed by atoms with Crippen LogP contribution in [-0.4, -0.2) is 44.1 Å². The second-order valence-electron chi connectivity index (χ2n) is 5.63. The predicted octanol–water partition coefficient (Wildman–Crippen LogP) is 1.90. The number of nitrogens with zero attached hydrogens (tertiary/aromatic N) is 4. The first kappa shape index (κ1) is 13.9. The lowest BCUT2D eigenvalue weighted by Gasteiger charge is -2.38. The molecule has 2 aromatic heterocycles. The third-order valence-electron chi connectivity index (χ3n) is 4.09. The topological polar surface area (TPSA) is 59.7 Å². The summed E-state index contributed by atoms with van der Waals surface area (Å²) in [6.07, 6.45) is 5.12. The molecular weight excluding hydrogens is 268 g/mol. The van der Waals surface area contributed by atoms with Crippen LogP contribution in [0, 0.1) is 0 Å². The van der Waals surface area contributed by atoms with Crippen molar-refractivity contribution in [3.8, 4) is 6.01 Å². The molecule has 0 N–H and O–H groups in total. The maximum Gasteiger partial charge on any atom is 0.322 e. The average molecular weight is 288 g/mol. The Kier molecular flexibility index (Phi) is 3.77. The Balaban J connectivity index is 1.68. The first-order valence-corrected chi connectivity index (χ1v) is 7.40. The van der Waals surface area contributed by atoms with Crippen LogP contribution in [0.15, 0.2) is 24.4 Å². The number of hydrogen-bond acceptors (Lipinski definition) is 4. The molecule has 1 fully saturated rings. The van der Waals surface area contributed by atoms with Crippen molar-refractivity contribution in [2.45, 2.75) is 45.2 Å². The van der Waals surface area contributed by atoms with Gasteiger partial charge in [-0.2, -0.15) is 0 Å². The predicted molar refractivity (Wildman–Crippen MR) is 78.1 cm³/mol. The largest absolute Gasteiger partial charge is 0.453 e. The summed E-state index contributed by atoms with van der Waals surface area (Å²) >= 11 is 0. The van der Waals surface area contributed by atoms with E-state index in [1.807, 2.05) is 29.3 Å². The van der Waals surface area contributed by atoms with Gasteiger partial charge in [0.1, 0.15) is 0 Å². The number of aromatic nitrogens is 3. The molecule has 2 atom stereocenters. The molecule has 0 aliphatic carbocycles. The number of fused-ring (bicyclic) bond motifs is 1. The summed E-state index contributed by atoms with van der Waals surface area (Å²) in [5.41, 5.74) is 0.708. The summed E-state index contributed by atoms with van der Waals surface area (Å²) < 4.78 is 7.30. The van der Waals surface area contributed by atoms with E-state index in [2.05, 4.69) is 24.0 Å². The molecule has 0 unspecified atom stereocenters. The average Bonchev–Trinajstić information content (AvgIpc) is 2.88. The van der Waals surface area contributed by atoms with Crippen LogP contribution in [0.5, 0.6) is 6.01 Å². The SMILES string of the molecule is C[C@@H]1CCC[C@@H](C)N1C(=O)COc1nnc2ccccn12. The Morgan fingerprint density at radius 2 is 2.05 bits per heavy atom. The van der Waals surface area contributed by atoms with Crippen molar-refractivity contribution in [1.29, 1.82) is 0 Å². The quantitative estimate of drug-likeness (QED) is 0.865. The van der Waals surface area contributed by atoms with E-state index in [4.69, 9.17) is 4.74 Å². The van der Waals surface area contributed by atoms with E-state index in [1.54, 1.807) is 4.40 Å². The van der Waals surface area contributed by atoms with Gasteiger partial charge in [0.25, 0.3) is 5.91 Å². The minimum Gasteiger partial charge on any atom is -0.453 e. The highest BCUT2D eigenvalue weighted by Crippen LogP contribution is 2.22. The lowest BCUT2D eigenvalue weighted by molar-refractivity contribution is -0.139. The Labute approximate surface area is 123 Å². The van der Waals surface area contributed by atoms with Crippen LogP contribution in [0.4, 0.5) is 0 Å². The van der Waals surface area contributed by atoms with Crippen molar-refractivity contribution in [2.24, 2.45) is 0 Å². The van der Waals surface area contributed by atoms with Gasteiger partial charge in [-0.1, -0.05) is 11.2 Å². The molecule has 0 radical (unpaired) electrons. The molecule has 0 saturated carbocycles. The van der Waals surface area contributed by atoms with E-state index in [1.165, 1.54) is 6.42 Å². The monoisotopic (exact) mass is 288 g/mol. The van der Waals surface area contributed by atoms with Crippen molar-refractivity contribution in [1.82, 2.24) is 19.5 Å². The summed E-state index contributed by atoms with van der Waals surface area (Å²) in [5, 5.41) is 7.97. The van der Waals surface area contributed by atoms with Crippen LogP contribution in [0.2, 0.25) is 0 Å². The van der Waals surface area contributed by atoms with Gasteiger partial charge in [0.05, 0.1) is 0 Å². The van der Waals surface area contributed by atoms with E-state index in [0.29, 0.717) is 11.7 Å². The van der Waals surface area contributed by atoms with Gasteiger partial charge in [0.15, 0.2) is 12.3 Å². The molecule has 1 aliphatic heterocycles. The molecule has 2 aromatic rings. The number of rotatable bonds is 3. The van der Waals surface area contributed by atoms with E-state index in [0.717, 1.165) is 12.8 Å². The molecule has 1 amide bonds. The Morgan fingerprint density at radius 1 is 1.29 bits per heavy atom. The Hall–Kier alpha value is -2.11. The van der Waals surface area contributed by atoms with E-state index >= 15 is 0 Å². The fourth-order valence-electron chi connectivity index (χ4n) is 3.03. The van der Waals surface area contributed by atoms with Crippen LogP contribution in [0.1, 0.15) is 33.1 Å². The van der Waals surface area contributed by atoms with Crippen LogP contribution in [0.25, 0.3) is 5.65 Å². The van der Waals surface area contributed by atoms with E-state index in [9.17, 15) is 4.79 Å². The summed E-state index contributed by atoms with van der Waals surface area (Å²) in [4.78, 5) is 14.3. The zero-order chi connectivity index (χ0) is 14.8. The number of hydrogen-bond donors (Lipinski definition) is 0. The fraction of sp³-hybridized carbons (Fsp3) is 0.533. The van der Waals surface area contributed by atoms with Crippen molar-refractivity contribution >= 4 is 11.6 Å². The van der Waals surface area contributed by atoms with Crippen LogP contribution in [-0.2, 0) is 4.79 Å². The number of ether oxygens (including phenoxy) is 1. The molecule has 3 heterocycles. The maximum absolute atomic E-state index is 12.4. The minimum atomic E-state index is 0.00433. The molecule has 0 spiro atoms. The highest BCUT2D eigenvalue weighted by atomic mass is 16.5. The molecule has 1 aliphatic rings. The molecule has 21 heavy (non-hydrogen) atoms. The lowest BCUT2D eigenvalue weighted by atomic mass is 9.97. The molecular formula is C15H20N4O2. The Bertz CT molecular complexity index is 629. The number of piperidine rings is 1. The van der Waals surface area contributed by atoms with Crippen molar-refractivity contribution in [3.63, 3.8) is 0 Å². The minimum absolute atomic E-state index is 0.00433. The van der Waals surface area contributed by atoms with Gasteiger partial charge in [-0.05, 0) is 45.2 Å². The van der Waals surface area contributed by atoms with Gasteiger partial charge in [0.2, 0.25) is 0 Å². The highest BCUT2D eigenvalue weighted by Gasteiger charge is 2.29. The van der Waals surface area contributed by atoms with Gasteiger partial charge in [-0.25, -0.2) is 0 Å². The highest BCUT2D eigenvalue weighted by molar-refractivity contribution is 5.78. The van der Waals surface area contributed by atoms with Crippen molar-refractivity contribution < 1.29 is 9.53 Å². The third kappa shape index (κ3) is 2.70. The second kappa shape index (κ2) is 5.71. The number of carbonyl (C=O) groups excluding carboxylic acids is 1. The smallest absolute Gasteiger partial charge is 0.322 e. The number of amides is 1. The van der Waals surface area contributed by atoms with Crippen LogP contribution in [0.3, 0.4) is 0 Å². The first-order valence-electron chi connectivity index (χ1n) is 7.40. The molecule has 0 aromatic carbocycles. The third-order valence-corrected chi connectivity index (χ3v) is 4.09. The number of likely N-dealkylation sites (tertiary alicyclic amines) is 1. The van der Waals surface area contributed by atoms with Crippen molar-refractivity contribution in [2.75, 3.05) is 6.61 Å². The molecule has 6 nitrogen and oxygen atoms in total. The van der Waals surface area contributed by atoms with Gasteiger partial charge < -0.3 is 9.64 Å². The molecule has 112 valence electrons. The lowest BCUT2D eigenvalue weighted by Crippen LogP contribution is -2.49. The van der Waals surface area contributed by atoms with Crippen LogP contribution < -0.4 is 4.74 Å². The summed E-state index contributed by atoms with van der Waals surface area (Å²) in [7, 11) is 0. The summed E-state index contributed by atoms with van der Waals surface area (Å²) in [6, 6.07) is 6.52. The van der Waals surface area contributed by atoms with E-state index < -0.39 is 0 Å². The van der Waals surface area contributed by atoms with Gasteiger partial charge in [-0.3, -0.25) is 9.20 Å². The van der Waals surface area contributed by atoms with Crippen LogP contribution >= 0.6 is 0 Å². The molecule has 6 heteroatoms. The first-order chi connectivity index (χ1) is 10.2. The van der Waals surface area contributed by atoms with E-state index in [-0.39, 0.29) is 24.6 Å². The van der Waals surface area contributed by atoms with Crippen molar-refractivity contribution in [3.05, 3.63) is 24.4 Å². The molecule has 3 rings (SSSR count). The van der Waals surface area contributed by atoms with Gasteiger partial charge >= 0.3 is 6.01 Å².